The smallest absolute Gasteiger partial charge is 0.262 e. The highest BCUT2D eigenvalue weighted by atomic mass is 32.1. The first-order valence-electron chi connectivity index (χ1n) is 9.06. The minimum atomic E-state index is -0.0987. The van der Waals surface area contributed by atoms with Crippen LogP contribution in [0.2, 0.25) is 0 Å². The lowest BCUT2D eigenvalue weighted by atomic mass is 9.97. The molecular weight excluding hydrogens is 334 g/mol. The second kappa shape index (κ2) is 7.95. The summed E-state index contributed by atoms with van der Waals surface area (Å²) in [5.41, 5.74) is 2.15. The number of aryl methyl sites for hydroxylation is 2. The number of hydrogen-bond donors (Lipinski definition) is 1. The van der Waals surface area contributed by atoms with E-state index in [1.165, 1.54) is 29.8 Å². The summed E-state index contributed by atoms with van der Waals surface area (Å²) in [5.74, 6) is -0.0987. The number of nitrogens with zero attached hydrogens (tertiary/aromatic N) is 2. The Bertz CT molecular complexity index is 863. The first kappa shape index (κ1) is 17.9. The summed E-state index contributed by atoms with van der Waals surface area (Å²) in [7, 11) is 0. The molecule has 0 atom stereocenters. The van der Waals surface area contributed by atoms with Crippen molar-refractivity contribution >= 4 is 27.5 Å². The number of carbonyl (C=O) groups is 1. The molecule has 0 saturated carbocycles. The predicted octanol–water partition coefficient (Wildman–Crippen LogP) is 3.80. The van der Waals surface area contributed by atoms with E-state index >= 15 is 0 Å². The van der Waals surface area contributed by atoms with Crippen molar-refractivity contribution in [1.29, 1.82) is 0 Å². The molecule has 0 spiro atoms. The third-order valence-corrected chi connectivity index (χ3v) is 5.90. The second-order valence-electron chi connectivity index (χ2n) is 6.59. The normalized spacial score (nSPS) is 14.6. The van der Waals surface area contributed by atoms with Crippen molar-refractivity contribution < 1.29 is 4.79 Å². The van der Waals surface area contributed by atoms with Gasteiger partial charge in [-0.05, 0) is 51.0 Å². The standard InChI is InChI=1S/C19H25N3O2S/c1-3-11-22-12-21-18-15(19(22)24)13(2)16(25-18)17(23)20-10-9-14-7-5-4-6-8-14/h7,12H,3-6,8-11H2,1-2H3,(H,20,23). The van der Waals surface area contributed by atoms with Gasteiger partial charge in [0.15, 0.2) is 0 Å². The quantitative estimate of drug-likeness (QED) is 0.798. The molecule has 134 valence electrons. The SMILES string of the molecule is CCCn1cnc2sc(C(=O)NCCC3=CCCCC3)c(C)c2c1=O. The zero-order valence-corrected chi connectivity index (χ0v) is 15.7. The molecule has 6 heteroatoms. The highest BCUT2D eigenvalue weighted by Crippen LogP contribution is 2.27. The van der Waals surface area contributed by atoms with Crippen LogP contribution in [-0.2, 0) is 6.54 Å². The first-order valence-corrected chi connectivity index (χ1v) is 9.88. The van der Waals surface area contributed by atoms with E-state index < -0.39 is 0 Å². The first-order chi connectivity index (χ1) is 12.1. The fourth-order valence-electron chi connectivity index (χ4n) is 3.32. The molecule has 0 unspecified atom stereocenters. The van der Waals surface area contributed by atoms with Crippen LogP contribution in [0.1, 0.15) is 60.7 Å². The van der Waals surface area contributed by atoms with Crippen LogP contribution in [0.15, 0.2) is 22.8 Å². The van der Waals surface area contributed by atoms with Crippen LogP contribution in [0.25, 0.3) is 10.2 Å². The molecular formula is C19H25N3O2S. The van der Waals surface area contributed by atoms with Crippen LogP contribution in [0.5, 0.6) is 0 Å². The summed E-state index contributed by atoms with van der Waals surface area (Å²) in [5, 5.41) is 3.59. The summed E-state index contributed by atoms with van der Waals surface area (Å²) in [6.07, 6.45) is 10.5. The van der Waals surface area contributed by atoms with Crippen molar-refractivity contribution in [2.45, 2.75) is 58.9 Å². The van der Waals surface area contributed by atoms with Crippen LogP contribution in [-0.4, -0.2) is 22.0 Å². The Kier molecular flexibility index (Phi) is 5.68. The fraction of sp³-hybridized carbons (Fsp3) is 0.526. The van der Waals surface area contributed by atoms with Gasteiger partial charge < -0.3 is 5.32 Å². The maximum Gasteiger partial charge on any atom is 0.262 e. The van der Waals surface area contributed by atoms with E-state index in [9.17, 15) is 9.59 Å². The molecule has 3 rings (SSSR count). The predicted molar refractivity (Wildman–Crippen MR) is 102 cm³/mol. The number of hydrogen-bond acceptors (Lipinski definition) is 4. The van der Waals surface area contributed by atoms with Gasteiger partial charge in [0, 0.05) is 13.1 Å². The zero-order valence-electron chi connectivity index (χ0n) is 14.9. The summed E-state index contributed by atoms with van der Waals surface area (Å²) in [6, 6.07) is 0. The Morgan fingerprint density at radius 1 is 1.40 bits per heavy atom. The van der Waals surface area contributed by atoms with E-state index in [4.69, 9.17) is 0 Å². The molecule has 0 aromatic carbocycles. The molecule has 2 heterocycles. The van der Waals surface area contributed by atoms with Crippen molar-refractivity contribution in [3.8, 4) is 0 Å². The Morgan fingerprint density at radius 3 is 2.96 bits per heavy atom. The molecule has 0 radical (unpaired) electrons. The summed E-state index contributed by atoms with van der Waals surface area (Å²) < 4.78 is 1.62. The average molecular weight is 359 g/mol. The highest BCUT2D eigenvalue weighted by Gasteiger charge is 2.19. The molecule has 1 aliphatic carbocycles. The number of nitrogens with one attached hydrogen (secondary N) is 1. The third-order valence-electron chi connectivity index (χ3n) is 4.70. The van der Waals surface area contributed by atoms with Gasteiger partial charge in [-0.25, -0.2) is 4.98 Å². The van der Waals surface area contributed by atoms with Crippen molar-refractivity contribution in [3.63, 3.8) is 0 Å². The number of thiophene rings is 1. The van der Waals surface area contributed by atoms with Crippen LogP contribution < -0.4 is 10.9 Å². The number of carbonyl (C=O) groups excluding carboxylic acids is 1. The van der Waals surface area contributed by atoms with Crippen molar-refractivity contribution in [1.82, 2.24) is 14.9 Å². The van der Waals surface area contributed by atoms with E-state index in [-0.39, 0.29) is 11.5 Å². The Hall–Kier alpha value is -1.95. The summed E-state index contributed by atoms with van der Waals surface area (Å²) >= 11 is 1.31. The molecule has 2 aromatic heterocycles. The van der Waals surface area contributed by atoms with Gasteiger partial charge in [0.25, 0.3) is 11.5 Å². The second-order valence-corrected chi connectivity index (χ2v) is 7.59. The summed E-state index contributed by atoms with van der Waals surface area (Å²) in [4.78, 5) is 30.8. The van der Waals surface area contributed by atoms with Crippen molar-refractivity contribution in [2.24, 2.45) is 0 Å². The fourth-order valence-corrected chi connectivity index (χ4v) is 4.38. The van der Waals surface area contributed by atoms with Gasteiger partial charge in [0.1, 0.15) is 4.83 Å². The molecule has 2 aromatic rings. The van der Waals surface area contributed by atoms with Gasteiger partial charge in [-0.3, -0.25) is 14.2 Å². The van der Waals surface area contributed by atoms with E-state index in [0.717, 1.165) is 31.2 Å². The molecule has 25 heavy (non-hydrogen) atoms. The van der Waals surface area contributed by atoms with Crippen molar-refractivity contribution in [2.75, 3.05) is 6.54 Å². The minimum Gasteiger partial charge on any atom is -0.351 e. The van der Waals surface area contributed by atoms with Gasteiger partial charge in [-0.15, -0.1) is 11.3 Å². The molecule has 1 amide bonds. The lowest BCUT2D eigenvalue weighted by molar-refractivity contribution is 0.0957. The lowest BCUT2D eigenvalue weighted by Gasteiger charge is -2.12. The Morgan fingerprint density at radius 2 is 2.24 bits per heavy atom. The minimum absolute atomic E-state index is 0.0491. The molecule has 1 N–H and O–H groups in total. The monoisotopic (exact) mass is 359 g/mol. The number of rotatable bonds is 6. The maximum atomic E-state index is 12.6. The van der Waals surface area contributed by atoms with Crippen LogP contribution >= 0.6 is 11.3 Å². The van der Waals surface area contributed by atoms with Crippen molar-refractivity contribution in [3.05, 3.63) is 38.8 Å². The van der Waals surface area contributed by atoms with Crippen LogP contribution in [0.4, 0.5) is 0 Å². The number of amides is 1. The molecule has 5 nitrogen and oxygen atoms in total. The van der Waals surface area contributed by atoms with Gasteiger partial charge in [-0.1, -0.05) is 18.6 Å². The number of allylic oxidation sites excluding steroid dienone is 1. The van der Waals surface area contributed by atoms with E-state index in [0.29, 0.717) is 28.2 Å². The van der Waals surface area contributed by atoms with E-state index in [1.807, 2.05) is 13.8 Å². The van der Waals surface area contributed by atoms with E-state index in [2.05, 4.69) is 16.4 Å². The Labute approximate surface area is 151 Å². The molecule has 1 aliphatic rings. The maximum absolute atomic E-state index is 12.6. The van der Waals surface area contributed by atoms with Gasteiger partial charge in [-0.2, -0.15) is 0 Å². The summed E-state index contributed by atoms with van der Waals surface area (Å²) in [6.45, 7) is 5.16. The molecule has 0 aliphatic heterocycles. The molecule has 0 saturated heterocycles. The number of aromatic nitrogens is 2. The van der Waals surface area contributed by atoms with Gasteiger partial charge in [0.2, 0.25) is 0 Å². The zero-order chi connectivity index (χ0) is 17.8. The number of fused-ring (bicyclic) bond motifs is 1. The van der Waals surface area contributed by atoms with Gasteiger partial charge in [0.05, 0.1) is 16.6 Å². The topological polar surface area (TPSA) is 64.0 Å². The van der Waals surface area contributed by atoms with Gasteiger partial charge >= 0.3 is 0 Å². The van der Waals surface area contributed by atoms with E-state index in [1.54, 1.807) is 10.9 Å². The molecule has 0 bridgehead atoms. The highest BCUT2D eigenvalue weighted by molar-refractivity contribution is 7.20. The average Bonchev–Trinajstić information content (AvgIpc) is 2.96. The van der Waals surface area contributed by atoms with Crippen LogP contribution in [0.3, 0.4) is 0 Å². The Balaban J connectivity index is 1.75. The molecule has 0 fully saturated rings. The lowest BCUT2D eigenvalue weighted by Crippen LogP contribution is -2.25. The largest absolute Gasteiger partial charge is 0.351 e. The van der Waals surface area contributed by atoms with Crippen LogP contribution in [0, 0.1) is 6.92 Å². The third kappa shape index (κ3) is 3.84.